The van der Waals surface area contributed by atoms with Crippen molar-refractivity contribution in [1.29, 1.82) is 0 Å². The lowest BCUT2D eigenvalue weighted by atomic mass is 10.2. The summed E-state index contributed by atoms with van der Waals surface area (Å²) in [4.78, 5) is 13.5. The minimum atomic E-state index is -0.449. The summed E-state index contributed by atoms with van der Waals surface area (Å²) in [5.41, 5.74) is 6.05. The van der Waals surface area contributed by atoms with E-state index in [1.165, 1.54) is 17.2 Å². The Labute approximate surface area is 103 Å². The first-order valence-corrected chi connectivity index (χ1v) is 5.50. The van der Waals surface area contributed by atoms with Gasteiger partial charge in [0.25, 0.3) is 5.91 Å². The van der Waals surface area contributed by atoms with E-state index >= 15 is 0 Å². The number of carbonyl (C=O) groups excluding carboxylic acids is 1. The van der Waals surface area contributed by atoms with Crippen LogP contribution in [0.25, 0.3) is 0 Å². The topological polar surface area (TPSA) is 75.0 Å². The Morgan fingerprint density at radius 2 is 2.22 bits per heavy atom. The normalized spacial score (nSPS) is 10.3. The van der Waals surface area contributed by atoms with Gasteiger partial charge in [0.2, 0.25) is 0 Å². The van der Waals surface area contributed by atoms with Gasteiger partial charge in [-0.25, -0.2) is 4.39 Å². The summed E-state index contributed by atoms with van der Waals surface area (Å²) in [5.74, 6) is -0.654. The quantitative estimate of drug-likeness (QED) is 0.869. The molecule has 94 valence electrons. The van der Waals surface area contributed by atoms with E-state index in [0.717, 1.165) is 0 Å². The molecule has 18 heavy (non-hydrogen) atoms. The third-order valence-corrected chi connectivity index (χ3v) is 2.60. The molecule has 0 saturated carbocycles. The molecule has 2 aromatic rings. The Hall–Kier alpha value is -2.37. The van der Waals surface area contributed by atoms with Crippen molar-refractivity contribution in [3.63, 3.8) is 0 Å². The van der Waals surface area contributed by atoms with Crippen molar-refractivity contribution in [2.75, 3.05) is 17.2 Å². The van der Waals surface area contributed by atoms with E-state index in [9.17, 15) is 9.18 Å². The van der Waals surface area contributed by atoms with Gasteiger partial charge in [-0.1, -0.05) is 12.1 Å². The zero-order valence-electron chi connectivity index (χ0n) is 9.85. The molecule has 1 heterocycles. The molecule has 0 aliphatic rings. The lowest BCUT2D eigenvalue weighted by Gasteiger charge is -2.21. The maximum atomic E-state index is 13.7. The number of para-hydroxylation sites is 1. The number of amides is 1. The van der Waals surface area contributed by atoms with Crippen molar-refractivity contribution in [1.82, 2.24) is 10.2 Å². The minimum Gasteiger partial charge on any atom is -0.383 e. The number of benzene rings is 1. The molecule has 1 aromatic heterocycles. The monoisotopic (exact) mass is 248 g/mol. The van der Waals surface area contributed by atoms with Gasteiger partial charge in [0.05, 0.1) is 11.9 Å². The first kappa shape index (κ1) is 12.1. The third-order valence-electron chi connectivity index (χ3n) is 2.60. The van der Waals surface area contributed by atoms with Crippen LogP contribution in [0.4, 0.5) is 15.9 Å². The molecule has 0 atom stereocenters. The van der Waals surface area contributed by atoms with E-state index in [4.69, 9.17) is 5.73 Å². The van der Waals surface area contributed by atoms with E-state index in [-0.39, 0.29) is 23.0 Å². The summed E-state index contributed by atoms with van der Waals surface area (Å²) in [6.45, 7) is 2.10. The number of aromatic nitrogens is 2. The van der Waals surface area contributed by atoms with E-state index in [0.29, 0.717) is 6.54 Å². The molecule has 1 amide bonds. The van der Waals surface area contributed by atoms with Crippen molar-refractivity contribution in [2.24, 2.45) is 0 Å². The highest BCUT2D eigenvalue weighted by molar-refractivity contribution is 6.08. The Balaban J connectivity index is 2.39. The van der Waals surface area contributed by atoms with Crippen LogP contribution in [0.2, 0.25) is 0 Å². The predicted molar refractivity (Wildman–Crippen MR) is 66.8 cm³/mol. The standard InChI is InChI=1S/C12H13FN4O/c1-2-17(10-6-4-3-5-9(10)13)12(18)8-7-15-16-11(8)14/h3-7H,2H2,1H3,(H3,14,15,16). The fraction of sp³-hybridized carbons (Fsp3) is 0.167. The molecular weight excluding hydrogens is 235 g/mol. The predicted octanol–water partition coefficient (Wildman–Crippen LogP) is 1.80. The highest BCUT2D eigenvalue weighted by Crippen LogP contribution is 2.21. The lowest BCUT2D eigenvalue weighted by molar-refractivity contribution is 0.0988. The van der Waals surface area contributed by atoms with Crippen molar-refractivity contribution < 1.29 is 9.18 Å². The number of nitrogens with zero attached hydrogens (tertiary/aromatic N) is 2. The van der Waals surface area contributed by atoms with Gasteiger partial charge in [-0.3, -0.25) is 9.89 Å². The molecule has 0 radical (unpaired) electrons. The van der Waals surface area contributed by atoms with Gasteiger partial charge in [-0.2, -0.15) is 5.10 Å². The molecule has 0 aliphatic carbocycles. The van der Waals surface area contributed by atoms with Gasteiger partial charge < -0.3 is 10.6 Å². The molecule has 5 nitrogen and oxygen atoms in total. The summed E-state index contributed by atoms with van der Waals surface area (Å²) in [6.07, 6.45) is 1.33. The van der Waals surface area contributed by atoms with Crippen LogP contribution in [0.1, 0.15) is 17.3 Å². The Bertz CT molecular complexity index is 567. The van der Waals surface area contributed by atoms with Crippen LogP contribution in [0.3, 0.4) is 0 Å². The maximum Gasteiger partial charge on any atom is 0.263 e. The van der Waals surface area contributed by atoms with Crippen LogP contribution in [-0.4, -0.2) is 22.6 Å². The van der Waals surface area contributed by atoms with Gasteiger partial charge >= 0.3 is 0 Å². The van der Waals surface area contributed by atoms with Crippen LogP contribution >= 0.6 is 0 Å². The second kappa shape index (κ2) is 4.87. The fourth-order valence-electron chi connectivity index (χ4n) is 1.71. The third kappa shape index (κ3) is 2.04. The SMILES string of the molecule is CCN(C(=O)c1cn[nH]c1N)c1ccccc1F. The summed E-state index contributed by atoms with van der Waals surface area (Å²) in [6, 6.07) is 6.10. The zero-order chi connectivity index (χ0) is 13.1. The molecule has 0 bridgehead atoms. The lowest BCUT2D eigenvalue weighted by Crippen LogP contribution is -2.31. The summed E-state index contributed by atoms with van der Waals surface area (Å²) in [5, 5.41) is 6.17. The minimum absolute atomic E-state index is 0.176. The summed E-state index contributed by atoms with van der Waals surface area (Å²) < 4.78 is 13.7. The Morgan fingerprint density at radius 3 is 2.78 bits per heavy atom. The fourth-order valence-corrected chi connectivity index (χ4v) is 1.71. The van der Waals surface area contributed by atoms with Gasteiger partial charge in [-0.15, -0.1) is 0 Å². The van der Waals surface area contributed by atoms with E-state index in [2.05, 4.69) is 10.2 Å². The van der Waals surface area contributed by atoms with Gasteiger partial charge in [0.1, 0.15) is 17.2 Å². The number of aromatic amines is 1. The van der Waals surface area contributed by atoms with Crippen molar-refractivity contribution in [3.8, 4) is 0 Å². The van der Waals surface area contributed by atoms with Gasteiger partial charge in [-0.05, 0) is 19.1 Å². The van der Waals surface area contributed by atoms with Gasteiger partial charge in [0.15, 0.2) is 0 Å². The van der Waals surface area contributed by atoms with Crippen LogP contribution in [0.15, 0.2) is 30.5 Å². The molecule has 0 fully saturated rings. The first-order valence-electron chi connectivity index (χ1n) is 5.50. The smallest absolute Gasteiger partial charge is 0.263 e. The number of anilines is 2. The van der Waals surface area contributed by atoms with E-state index in [1.807, 2.05) is 0 Å². The zero-order valence-corrected chi connectivity index (χ0v) is 9.85. The van der Waals surface area contributed by atoms with Gasteiger partial charge in [0, 0.05) is 6.54 Å². The van der Waals surface area contributed by atoms with Crippen LogP contribution in [0.5, 0.6) is 0 Å². The molecule has 1 aromatic carbocycles. The van der Waals surface area contributed by atoms with E-state index in [1.54, 1.807) is 25.1 Å². The molecule has 0 aliphatic heterocycles. The molecule has 0 saturated heterocycles. The van der Waals surface area contributed by atoms with Crippen molar-refractivity contribution >= 4 is 17.4 Å². The number of hydrogen-bond acceptors (Lipinski definition) is 3. The largest absolute Gasteiger partial charge is 0.383 e. The highest BCUT2D eigenvalue weighted by Gasteiger charge is 2.21. The van der Waals surface area contributed by atoms with Crippen LogP contribution < -0.4 is 10.6 Å². The number of carbonyl (C=O) groups is 1. The molecule has 2 rings (SSSR count). The first-order chi connectivity index (χ1) is 8.65. The number of nitrogens with one attached hydrogen (secondary N) is 1. The number of halogens is 1. The maximum absolute atomic E-state index is 13.7. The molecule has 0 spiro atoms. The molecule has 3 N–H and O–H groups in total. The number of nitrogens with two attached hydrogens (primary N) is 1. The average molecular weight is 248 g/mol. The highest BCUT2D eigenvalue weighted by atomic mass is 19.1. The summed E-state index contributed by atoms with van der Waals surface area (Å²) >= 11 is 0. The van der Waals surface area contributed by atoms with Crippen LogP contribution in [0, 0.1) is 5.82 Å². The average Bonchev–Trinajstić information content (AvgIpc) is 2.78. The van der Waals surface area contributed by atoms with Crippen molar-refractivity contribution in [3.05, 3.63) is 41.8 Å². The number of hydrogen-bond donors (Lipinski definition) is 2. The second-order valence-electron chi connectivity index (χ2n) is 3.70. The molecule has 6 heteroatoms. The molecule has 0 unspecified atom stereocenters. The molecular formula is C12H13FN4O. The number of H-pyrrole nitrogens is 1. The summed E-state index contributed by atoms with van der Waals surface area (Å²) in [7, 11) is 0. The Kier molecular flexibility index (Phi) is 3.27. The number of rotatable bonds is 3. The van der Waals surface area contributed by atoms with Crippen molar-refractivity contribution in [2.45, 2.75) is 6.92 Å². The van der Waals surface area contributed by atoms with Crippen LogP contribution in [-0.2, 0) is 0 Å². The Morgan fingerprint density at radius 1 is 1.50 bits per heavy atom. The second-order valence-corrected chi connectivity index (χ2v) is 3.70. The number of nitrogen functional groups attached to an aromatic ring is 1. The van der Waals surface area contributed by atoms with E-state index < -0.39 is 5.82 Å².